The summed E-state index contributed by atoms with van der Waals surface area (Å²) in [6.07, 6.45) is -3.53. The molecule has 1 aromatic carbocycles. The lowest BCUT2D eigenvalue weighted by atomic mass is 10.1. The molecule has 0 bridgehead atoms. The Labute approximate surface area is 102 Å². The second kappa shape index (κ2) is 5.57. The number of hydrogen-bond donors (Lipinski definition) is 1. The molecule has 0 fully saturated rings. The van der Waals surface area contributed by atoms with Gasteiger partial charge in [-0.15, -0.1) is 13.2 Å². The fraction of sp³-hybridized carbons (Fsp3) is 0.250. The molecule has 0 heterocycles. The Bertz CT molecular complexity index is 463. The number of carbonyl (C=O) groups is 1. The van der Waals surface area contributed by atoms with E-state index < -0.39 is 6.36 Å². The topological polar surface area (TPSA) is 52.3 Å². The number of rotatable bonds is 4. The van der Waals surface area contributed by atoms with Gasteiger partial charge in [0.25, 0.3) is 0 Å². The zero-order valence-corrected chi connectivity index (χ0v) is 9.62. The standard InChI is InChI=1S/C12H12F3NO2/c1-8(16)5-10(17)6-9-3-2-4-11(7-9)18-12(13,14)15/h2-5,7H,6,16H2,1H3/b8-5-. The summed E-state index contributed by atoms with van der Waals surface area (Å²) in [6.45, 7) is 1.56. The molecule has 0 aliphatic rings. The van der Waals surface area contributed by atoms with E-state index in [2.05, 4.69) is 4.74 Å². The highest BCUT2D eigenvalue weighted by Gasteiger charge is 2.31. The predicted molar refractivity (Wildman–Crippen MR) is 59.8 cm³/mol. The number of hydrogen-bond acceptors (Lipinski definition) is 3. The fourth-order valence-corrected chi connectivity index (χ4v) is 1.36. The van der Waals surface area contributed by atoms with E-state index in [1.165, 1.54) is 24.3 Å². The normalized spacial score (nSPS) is 12.3. The zero-order chi connectivity index (χ0) is 13.8. The largest absolute Gasteiger partial charge is 0.573 e. The van der Waals surface area contributed by atoms with Gasteiger partial charge in [-0.05, 0) is 30.7 Å². The van der Waals surface area contributed by atoms with E-state index in [0.29, 0.717) is 11.3 Å². The first kappa shape index (κ1) is 14.1. The van der Waals surface area contributed by atoms with Gasteiger partial charge in [-0.25, -0.2) is 0 Å². The minimum absolute atomic E-state index is 0.0242. The summed E-state index contributed by atoms with van der Waals surface area (Å²) >= 11 is 0. The van der Waals surface area contributed by atoms with Crippen molar-refractivity contribution in [2.24, 2.45) is 5.73 Å². The number of nitrogens with two attached hydrogens (primary N) is 1. The van der Waals surface area contributed by atoms with Crippen molar-refractivity contribution in [3.63, 3.8) is 0 Å². The summed E-state index contributed by atoms with van der Waals surface area (Å²) < 4.78 is 39.7. The Kier molecular flexibility index (Phi) is 4.36. The molecule has 0 saturated carbocycles. The van der Waals surface area contributed by atoms with Crippen molar-refractivity contribution in [3.05, 3.63) is 41.6 Å². The second-order valence-corrected chi connectivity index (χ2v) is 3.73. The molecule has 98 valence electrons. The van der Waals surface area contributed by atoms with Crippen LogP contribution in [0, 0.1) is 0 Å². The predicted octanol–water partition coefficient (Wildman–Crippen LogP) is 2.56. The van der Waals surface area contributed by atoms with Crippen molar-refractivity contribution >= 4 is 5.78 Å². The van der Waals surface area contributed by atoms with E-state index >= 15 is 0 Å². The van der Waals surface area contributed by atoms with Gasteiger partial charge in [0.15, 0.2) is 5.78 Å². The maximum atomic E-state index is 12.0. The summed E-state index contributed by atoms with van der Waals surface area (Å²) in [5, 5.41) is 0. The molecule has 1 rings (SSSR count). The molecule has 18 heavy (non-hydrogen) atoms. The molecule has 3 nitrogen and oxygen atoms in total. The molecule has 6 heteroatoms. The molecule has 0 unspecified atom stereocenters. The molecule has 0 atom stereocenters. The molecule has 0 aliphatic heterocycles. The monoisotopic (exact) mass is 259 g/mol. The highest BCUT2D eigenvalue weighted by atomic mass is 19.4. The average Bonchev–Trinajstić information content (AvgIpc) is 2.13. The number of allylic oxidation sites excluding steroid dienone is 2. The summed E-state index contributed by atoms with van der Waals surface area (Å²) in [4.78, 5) is 11.4. The average molecular weight is 259 g/mol. The smallest absolute Gasteiger partial charge is 0.406 e. The van der Waals surface area contributed by atoms with Crippen LogP contribution in [0.3, 0.4) is 0 Å². The second-order valence-electron chi connectivity index (χ2n) is 3.73. The molecular weight excluding hydrogens is 247 g/mol. The van der Waals surface area contributed by atoms with E-state index in [1.54, 1.807) is 13.0 Å². The summed E-state index contributed by atoms with van der Waals surface area (Å²) in [7, 11) is 0. The van der Waals surface area contributed by atoms with Gasteiger partial charge < -0.3 is 10.5 Å². The van der Waals surface area contributed by atoms with Crippen LogP contribution in [0.5, 0.6) is 5.75 Å². The first-order valence-electron chi connectivity index (χ1n) is 5.07. The van der Waals surface area contributed by atoms with Crippen molar-refractivity contribution in [2.45, 2.75) is 19.7 Å². The van der Waals surface area contributed by atoms with Crippen LogP contribution in [0.25, 0.3) is 0 Å². The number of benzene rings is 1. The fourth-order valence-electron chi connectivity index (χ4n) is 1.36. The van der Waals surface area contributed by atoms with E-state index in [9.17, 15) is 18.0 Å². The number of halogens is 3. The summed E-state index contributed by atoms with van der Waals surface area (Å²) in [5.74, 6) is -0.625. The van der Waals surface area contributed by atoms with E-state index in [1.807, 2.05) is 0 Å². The van der Waals surface area contributed by atoms with Crippen molar-refractivity contribution in [2.75, 3.05) is 0 Å². The quantitative estimate of drug-likeness (QED) is 0.845. The SMILES string of the molecule is C/C(N)=C/C(=O)Cc1cccc(OC(F)(F)F)c1. The van der Waals surface area contributed by atoms with Crippen LogP contribution in [0.15, 0.2) is 36.0 Å². The minimum Gasteiger partial charge on any atom is -0.406 e. The van der Waals surface area contributed by atoms with Crippen LogP contribution in [0.1, 0.15) is 12.5 Å². The lowest BCUT2D eigenvalue weighted by Gasteiger charge is -2.09. The summed E-state index contributed by atoms with van der Waals surface area (Å²) in [6, 6.07) is 5.28. The Morgan fingerprint density at radius 1 is 1.44 bits per heavy atom. The van der Waals surface area contributed by atoms with E-state index in [4.69, 9.17) is 5.73 Å². The van der Waals surface area contributed by atoms with Crippen LogP contribution in [-0.4, -0.2) is 12.1 Å². The number of ketones is 1. The van der Waals surface area contributed by atoms with Gasteiger partial charge in [-0.1, -0.05) is 12.1 Å². The van der Waals surface area contributed by atoms with Crippen molar-refractivity contribution < 1.29 is 22.7 Å². The Morgan fingerprint density at radius 2 is 2.11 bits per heavy atom. The molecule has 0 radical (unpaired) electrons. The molecular formula is C12H12F3NO2. The maximum absolute atomic E-state index is 12.0. The van der Waals surface area contributed by atoms with Crippen molar-refractivity contribution in [1.29, 1.82) is 0 Å². The molecule has 0 amide bonds. The highest BCUT2D eigenvalue weighted by molar-refractivity contribution is 5.91. The van der Waals surface area contributed by atoms with Gasteiger partial charge in [0, 0.05) is 12.1 Å². The first-order valence-corrected chi connectivity index (χ1v) is 5.07. The summed E-state index contributed by atoms with van der Waals surface area (Å²) in [5.41, 5.74) is 6.11. The van der Waals surface area contributed by atoms with Crippen LogP contribution in [-0.2, 0) is 11.2 Å². The van der Waals surface area contributed by atoms with Gasteiger partial charge in [0.1, 0.15) is 5.75 Å². The van der Waals surface area contributed by atoms with Gasteiger partial charge in [-0.2, -0.15) is 0 Å². The molecule has 1 aromatic rings. The highest BCUT2D eigenvalue weighted by Crippen LogP contribution is 2.23. The first-order chi connectivity index (χ1) is 8.26. The van der Waals surface area contributed by atoms with Crippen LogP contribution in [0.2, 0.25) is 0 Å². The van der Waals surface area contributed by atoms with Gasteiger partial charge in [0.2, 0.25) is 0 Å². The molecule has 0 aliphatic carbocycles. The molecule has 0 saturated heterocycles. The van der Waals surface area contributed by atoms with Crippen molar-refractivity contribution in [1.82, 2.24) is 0 Å². The van der Waals surface area contributed by atoms with Crippen LogP contribution >= 0.6 is 0 Å². The van der Waals surface area contributed by atoms with Gasteiger partial charge in [-0.3, -0.25) is 4.79 Å². The molecule has 0 spiro atoms. The molecule has 2 N–H and O–H groups in total. The van der Waals surface area contributed by atoms with Crippen molar-refractivity contribution in [3.8, 4) is 5.75 Å². The van der Waals surface area contributed by atoms with Crippen LogP contribution < -0.4 is 10.5 Å². The minimum atomic E-state index is -4.74. The third kappa shape index (κ3) is 5.38. The van der Waals surface area contributed by atoms with E-state index in [0.717, 1.165) is 0 Å². The Morgan fingerprint density at radius 3 is 2.67 bits per heavy atom. The molecule has 0 aromatic heterocycles. The number of alkyl halides is 3. The van der Waals surface area contributed by atoms with Gasteiger partial charge >= 0.3 is 6.36 Å². The zero-order valence-electron chi connectivity index (χ0n) is 9.62. The van der Waals surface area contributed by atoms with E-state index in [-0.39, 0.29) is 18.0 Å². The van der Waals surface area contributed by atoms with Gasteiger partial charge in [0.05, 0.1) is 0 Å². The third-order valence-corrected chi connectivity index (χ3v) is 1.90. The lowest BCUT2D eigenvalue weighted by molar-refractivity contribution is -0.274. The third-order valence-electron chi connectivity index (χ3n) is 1.90. The number of ether oxygens (including phenoxy) is 1. The Balaban J connectivity index is 2.77. The van der Waals surface area contributed by atoms with Crippen LogP contribution in [0.4, 0.5) is 13.2 Å². The number of carbonyl (C=O) groups excluding carboxylic acids is 1. The lowest BCUT2D eigenvalue weighted by Crippen LogP contribution is -2.17. The maximum Gasteiger partial charge on any atom is 0.573 e. The Hall–Kier alpha value is -1.98.